The highest BCUT2D eigenvalue weighted by atomic mass is 16.5. The molecule has 9 heteroatoms. The third-order valence-electron chi connectivity index (χ3n) is 6.57. The zero-order chi connectivity index (χ0) is 24.4. The van der Waals surface area contributed by atoms with Gasteiger partial charge in [0.1, 0.15) is 6.10 Å². The molecule has 9 nitrogen and oxygen atoms in total. The Labute approximate surface area is 204 Å². The maximum Gasteiger partial charge on any atom is 0.233 e. The van der Waals surface area contributed by atoms with Gasteiger partial charge >= 0.3 is 0 Å². The van der Waals surface area contributed by atoms with Crippen LogP contribution in [0.15, 0.2) is 48.8 Å². The first-order chi connectivity index (χ1) is 17.1. The van der Waals surface area contributed by atoms with Gasteiger partial charge in [-0.2, -0.15) is 0 Å². The van der Waals surface area contributed by atoms with Crippen LogP contribution in [-0.2, 0) is 0 Å². The van der Waals surface area contributed by atoms with Gasteiger partial charge in [-0.3, -0.25) is 4.90 Å². The minimum atomic E-state index is -0.102. The van der Waals surface area contributed by atoms with E-state index in [4.69, 9.17) is 19.2 Å². The Hall–Kier alpha value is -3.72. The molecular formula is C26H30N6O3. The van der Waals surface area contributed by atoms with Crippen molar-refractivity contribution in [3.05, 3.63) is 48.8 Å². The minimum absolute atomic E-state index is 0.102. The van der Waals surface area contributed by atoms with Crippen molar-refractivity contribution < 1.29 is 14.2 Å². The molecule has 0 aliphatic carbocycles. The third kappa shape index (κ3) is 4.51. The van der Waals surface area contributed by atoms with E-state index in [1.54, 1.807) is 20.4 Å². The van der Waals surface area contributed by atoms with Gasteiger partial charge in [-0.1, -0.05) is 26.0 Å². The fraction of sp³-hybridized carbons (Fsp3) is 0.385. The van der Waals surface area contributed by atoms with E-state index in [1.807, 2.05) is 42.6 Å². The Morgan fingerprint density at radius 2 is 1.63 bits per heavy atom. The van der Waals surface area contributed by atoms with Gasteiger partial charge in [-0.25, -0.2) is 19.9 Å². The van der Waals surface area contributed by atoms with Crippen LogP contribution in [0.5, 0.6) is 17.4 Å². The number of hydrogen-bond donors (Lipinski definition) is 0. The van der Waals surface area contributed by atoms with E-state index in [1.165, 1.54) is 0 Å². The number of fused-ring (bicyclic) bond motifs is 2. The largest absolute Gasteiger partial charge is 0.493 e. The van der Waals surface area contributed by atoms with Gasteiger partial charge in [0.15, 0.2) is 11.5 Å². The summed E-state index contributed by atoms with van der Waals surface area (Å²) in [5.41, 5.74) is 2.48. The molecule has 2 aromatic heterocycles. The molecular weight excluding hydrogens is 444 g/mol. The number of hydrogen-bond acceptors (Lipinski definition) is 9. The summed E-state index contributed by atoms with van der Waals surface area (Å²) in [7, 11) is 3.25. The molecule has 0 bridgehead atoms. The summed E-state index contributed by atoms with van der Waals surface area (Å²) in [6.45, 7) is 7.60. The lowest BCUT2D eigenvalue weighted by Crippen LogP contribution is -2.45. The van der Waals surface area contributed by atoms with Crippen molar-refractivity contribution in [2.75, 3.05) is 45.3 Å². The first kappa shape index (κ1) is 23.0. The predicted octanol–water partition coefficient (Wildman–Crippen LogP) is 3.57. The molecule has 0 saturated carbocycles. The van der Waals surface area contributed by atoms with Crippen LogP contribution in [-0.4, -0.2) is 77.4 Å². The van der Waals surface area contributed by atoms with Crippen molar-refractivity contribution in [2.45, 2.75) is 26.0 Å². The molecule has 1 saturated heterocycles. The van der Waals surface area contributed by atoms with Crippen LogP contribution < -0.4 is 19.1 Å². The molecule has 2 unspecified atom stereocenters. The highest BCUT2D eigenvalue weighted by Gasteiger charge is 2.39. The fourth-order valence-electron chi connectivity index (χ4n) is 4.73. The van der Waals surface area contributed by atoms with Gasteiger partial charge in [0.2, 0.25) is 11.8 Å². The van der Waals surface area contributed by atoms with Crippen LogP contribution in [0.1, 0.15) is 13.8 Å². The number of benzene rings is 2. The molecule has 2 aromatic carbocycles. The van der Waals surface area contributed by atoms with E-state index < -0.39 is 0 Å². The number of methoxy groups -OCH3 is 2. The highest BCUT2D eigenvalue weighted by molar-refractivity contribution is 5.83. The molecule has 0 radical (unpaired) electrons. The SMILES string of the molecule is CCN(CC)C1CN(c2ncc3cc(OC)c(OC)cc3n2)CC1Oc1cnc2ccccc2n1. The minimum Gasteiger partial charge on any atom is -0.493 e. The molecule has 1 fully saturated rings. The van der Waals surface area contributed by atoms with Crippen LogP contribution in [0.3, 0.4) is 0 Å². The zero-order valence-corrected chi connectivity index (χ0v) is 20.5. The maximum absolute atomic E-state index is 6.44. The number of para-hydroxylation sites is 2. The standard InChI is InChI=1S/C26H30N6O3/c1-5-31(6-2)21-15-32(16-24(21)35-25-14-27-18-9-7-8-10-19(18)29-25)26-28-13-17-11-22(33-3)23(34-4)12-20(17)30-26/h7-14,21,24H,5-6,15-16H2,1-4H3. The molecule has 0 amide bonds. The number of nitrogens with zero attached hydrogens (tertiary/aromatic N) is 6. The molecule has 1 aliphatic rings. The lowest BCUT2D eigenvalue weighted by molar-refractivity contribution is 0.104. The summed E-state index contributed by atoms with van der Waals surface area (Å²) in [6, 6.07) is 11.8. The molecule has 35 heavy (non-hydrogen) atoms. The molecule has 0 N–H and O–H groups in total. The summed E-state index contributed by atoms with van der Waals surface area (Å²) in [5.74, 6) is 2.49. The number of rotatable bonds is 8. The molecule has 182 valence electrons. The summed E-state index contributed by atoms with van der Waals surface area (Å²) in [4.78, 5) is 23.3. The number of anilines is 1. The Bertz CT molecular complexity index is 1330. The van der Waals surface area contributed by atoms with E-state index in [0.717, 1.165) is 41.6 Å². The lowest BCUT2D eigenvalue weighted by atomic mass is 10.2. The highest BCUT2D eigenvalue weighted by Crippen LogP contribution is 2.32. The molecule has 0 spiro atoms. The second-order valence-electron chi connectivity index (χ2n) is 8.48. The Morgan fingerprint density at radius 3 is 2.37 bits per heavy atom. The van der Waals surface area contributed by atoms with E-state index >= 15 is 0 Å². The smallest absolute Gasteiger partial charge is 0.233 e. The summed E-state index contributed by atoms with van der Waals surface area (Å²) in [5, 5.41) is 0.894. The van der Waals surface area contributed by atoms with Crippen LogP contribution in [0.4, 0.5) is 5.95 Å². The number of aromatic nitrogens is 4. The topological polar surface area (TPSA) is 85.7 Å². The van der Waals surface area contributed by atoms with Gasteiger partial charge in [-0.15, -0.1) is 0 Å². The van der Waals surface area contributed by atoms with E-state index in [2.05, 4.69) is 38.6 Å². The van der Waals surface area contributed by atoms with E-state index in [0.29, 0.717) is 29.9 Å². The van der Waals surface area contributed by atoms with Gasteiger partial charge in [0.25, 0.3) is 0 Å². The van der Waals surface area contributed by atoms with Crippen molar-refractivity contribution >= 4 is 27.9 Å². The van der Waals surface area contributed by atoms with Crippen molar-refractivity contribution in [1.82, 2.24) is 24.8 Å². The Balaban J connectivity index is 1.44. The number of likely N-dealkylation sites (N-methyl/N-ethyl adjacent to an activating group) is 1. The van der Waals surface area contributed by atoms with Gasteiger partial charge in [-0.05, 0) is 31.3 Å². The maximum atomic E-state index is 6.44. The Kier molecular flexibility index (Phi) is 6.50. The first-order valence-electron chi connectivity index (χ1n) is 11.9. The average molecular weight is 475 g/mol. The number of ether oxygens (including phenoxy) is 3. The second-order valence-corrected chi connectivity index (χ2v) is 8.48. The van der Waals surface area contributed by atoms with Crippen molar-refractivity contribution in [3.63, 3.8) is 0 Å². The quantitative estimate of drug-likeness (QED) is 0.380. The monoisotopic (exact) mass is 474 g/mol. The average Bonchev–Trinajstić information content (AvgIpc) is 3.31. The normalized spacial score (nSPS) is 17.9. The van der Waals surface area contributed by atoms with Gasteiger partial charge in [0, 0.05) is 24.2 Å². The lowest BCUT2D eigenvalue weighted by Gasteiger charge is -2.29. The molecule has 4 aromatic rings. The van der Waals surface area contributed by atoms with Gasteiger partial charge in [0.05, 0.1) is 49.6 Å². The zero-order valence-electron chi connectivity index (χ0n) is 20.5. The molecule has 3 heterocycles. The van der Waals surface area contributed by atoms with E-state index in [-0.39, 0.29) is 12.1 Å². The molecule has 2 atom stereocenters. The van der Waals surface area contributed by atoms with Crippen LogP contribution in [0.2, 0.25) is 0 Å². The van der Waals surface area contributed by atoms with E-state index in [9.17, 15) is 0 Å². The fourth-order valence-corrected chi connectivity index (χ4v) is 4.73. The third-order valence-corrected chi connectivity index (χ3v) is 6.57. The summed E-state index contributed by atoms with van der Waals surface area (Å²) >= 11 is 0. The second kappa shape index (κ2) is 9.87. The van der Waals surface area contributed by atoms with Crippen molar-refractivity contribution in [1.29, 1.82) is 0 Å². The van der Waals surface area contributed by atoms with Gasteiger partial charge < -0.3 is 19.1 Å². The Morgan fingerprint density at radius 1 is 0.886 bits per heavy atom. The van der Waals surface area contributed by atoms with Crippen LogP contribution in [0, 0.1) is 0 Å². The molecule has 5 rings (SSSR count). The predicted molar refractivity (Wildman–Crippen MR) is 136 cm³/mol. The molecule has 1 aliphatic heterocycles. The van der Waals surface area contributed by atoms with Crippen molar-refractivity contribution in [2.24, 2.45) is 0 Å². The van der Waals surface area contributed by atoms with Crippen molar-refractivity contribution in [3.8, 4) is 17.4 Å². The van der Waals surface area contributed by atoms with Crippen LogP contribution in [0.25, 0.3) is 21.9 Å². The summed E-state index contributed by atoms with van der Waals surface area (Å²) < 4.78 is 17.3. The van der Waals surface area contributed by atoms with Crippen LogP contribution >= 0.6 is 0 Å². The first-order valence-corrected chi connectivity index (χ1v) is 11.9. The summed E-state index contributed by atoms with van der Waals surface area (Å²) in [6.07, 6.45) is 3.43.